The molecule has 0 aliphatic carbocycles. The molecule has 0 fully saturated rings. The molecular weight excluding hydrogens is 178 g/mol. The minimum atomic E-state index is -0.239. The SMILES string of the molecule is C[C@H](CN)C(=O)OCc1ccccc1. The minimum Gasteiger partial charge on any atom is -0.461 e. The van der Waals surface area contributed by atoms with Crippen LogP contribution in [0.1, 0.15) is 12.5 Å². The van der Waals surface area contributed by atoms with Gasteiger partial charge in [-0.1, -0.05) is 37.3 Å². The Bertz CT molecular complexity index is 285. The summed E-state index contributed by atoms with van der Waals surface area (Å²) in [5.41, 5.74) is 6.33. The fraction of sp³-hybridized carbons (Fsp3) is 0.364. The second-order valence-corrected chi connectivity index (χ2v) is 3.23. The number of carbonyl (C=O) groups is 1. The minimum absolute atomic E-state index is 0.223. The summed E-state index contributed by atoms with van der Waals surface area (Å²) < 4.78 is 5.06. The van der Waals surface area contributed by atoms with Gasteiger partial charge in [0.2, 0.25) is 0 Å². The van der Waals surface area contributed by atoms with Gasteiger partial charge in [-0.15, -0.1) is 0 Å². The highest BCUT2D eigenvalue weighted by Gasteiger charge is 2.11. The molecule has 0 aliphatic rings. The molecular formula is C11H15NO2. The molecule has 0 heterocycles. The maximum Gasteiger partial charge on any atom is 0.310 e. The molecule has 76 valence electrons. The largest absolute Gasteiger partial charge is 0.461 e. The van der Waals surface area contributed by atoms with Gasteiger partial charge in [0, 0.05) is 6.54 Å². The Hall–Kier alpha value is -1.35. The zero-order valence-electron chi connectivity index (χ0n) is 8.27. The van der Waals surface area contributed by atoms with E-state index in [4.69, 9.17) is 10.5 Å². The molecule has 3 nitrogen and oxygen atoms in total. The van der Waals surface area contributed by atoms with Gasteiger partial charge in [-0.2, -0.15) is 0 Å². The molecule has 0 amide bonds. The Morgan fingerprint density at radius 1 is 1.43 bits per heavy atom. The van der Waals surface area contributed by atoms with Crippen molar-refractivity contribution in [2.45, 2.75) is 13.5 Å². The predicted molar refractivity (Wildman–Crippen MR) is 54.5 cm³/mol. The number of esters is 1. The van der Waals surface area contributed by atoms with E-state index in [9.17, 15) is 4.79 Å². The lowest BCUT2D eigenvalue weighted by Crippen LogP contribution is -2.22. The van der Waals surface area contributed by atoms with Crippen LogP contribution in [0, 0.1) is 5.92 Å². The fourth-order valence-electron chi connectivity index (χ4n) is 0.967. The van der Waals surface area contributed by atoms with E-state index in [-0.39, 0.29) is 11.9 Å². The van der Waals surface area contributed by atoms with Crippen LogP contribution < -0.4 is 5.73 Å². The highest BCUT2D eigenvalue weighted by Crippen LogP contribution is 2.03. The van der Waals surface area contributed by atoms with Gasteiger partial charge in [-0.05, 0) is 5.56 Å². The Morgan fingerprint density at radius 3 is 2.64 bits per heavy atom. The molecule has 0 bridgehead atoms. The molecule has 2 N–H and O–H groups in total. The molecule has 1 aromatic rings. The Balaban J connectivity index is 2.38. The van der Waals surface area contributed by atoms with Crippen LogP contribution in [0.3, 0.4) is 0 Å². The summed E-state index contributed by atoms with van der Waals surface area (Å²) in [6.07, 6.45) is 0. The molecule has 0 saturated carbocycles. The van der Waals surface area contributed by atoms with Crippen molar-refractivity contribution in [1.82, 2.24) is 0 Å². The molecule has 3 heteroatoms. The summed E-state index contributed by atoms with van der Waals surface area (Å²) in [5, 5.41) is 0. The Morgan fingerprint density at radius 2 is 2.07 bits per heavy atom. The van der Waals surface area contributed by atoms with E-state index in [2.05, 4.69) is 0 Å². The molecule has 1 aromatic carbocycles. The van der Waals surface area contributed by atoms with Crippen molar-refractivity contribution in [3.63, 3.8) is 0 Å². The van der Waals surface area contributed by atoms with Crippen LogP contribution >= 0.6 is 0 Å². The van der Waals surface area contributed by atoms with Crippen LogP contribution in [0.4, 0.5) is 0 Å². The van der Waals surface area contributed by atoms with Gasteiger partial charge in [-0.25, -0.2) is 0 Å². The number of benzene rings is 1. The van der Waals surface area contributed by atoms with Crippen molar-refractivity contribution in [3.8, 4) is 0 Å². The maximum absolute atomic E-state index is 11.2. The van der Waals surface area contributed by atoms with Crippen molar-refractivity contribution in [3.05, 3.63) is 35.9 Å². The Labute approximate surface area is 83.9 Å². The van der Waals surface area contributed by atoms with Crippen LogP contribution in [0.15, 0.2) is 30.3 Å². The molecule has 0 saturated heterocycles. The first-order valence-electron chi connectivity index (χ1n) is 4.64. The molecule has 0 radical (unpaired) electrons. The average Bonchev–Trinajstić information content (AvgIpc) is 2.26. The third-order valence-corrected chi connectivity index (χ3v) is 1.98. The van der Waals surface area contributed by atoms with Gasteiger partial charge >= 0.3 is 5.97 Å². The summed E-state index contributed by atoms with van der Waals surface area (Å²) >= 11 is 0. The first kappa shape index (κ1) is 10.7. The fourth-order valence-corrected chi connectivity index (χ4v) is 0.967. The first-order chi connectivity index (χ1) is 6.74. The van der Waals surface area contributed by atoms with Crippen molar-refractivity contribution in [2.75, 3.05) is 6.54 Å². The quantitative estimate of drug-likeness (QED) is 0.734. The third-order valence-electron chi connectivity index (χ3n) is 1.98. The predicted octanol–water partition coefficient (Wildman–Crippen LogP) is 1.32. The topological polar surface area (TPSA) is 52.3 Å². The molecule has 0 aromatic heterocycles. The number of rotatable bonds is 4. The zero-order valence-corrected chi connectivity index (χ0v) is 8.27. The Kier molecular flexibility index (Phi) is 4.13. The van der Waals surface area contributed by atoms with E-state index in [0.29, 0.717) is 13.2 Å². The lowest BCUT2D eigenvalue weighted by Gasteiger charge is -2.08. The van der Waals surface area contributed by atoms with Gasteiger partial charge < -0.3 is 10.5 Å². The van der Waals surface area contributed by atoms with Crippen molar-refractivity contribution in [2.24, 2.45) is 11.7 Å². The summed E-state index contributed by atoms with van der Waals surface area (Å²) in [6.45, 7) is 2.41. The highest BCUT2D eigenvalue weighted by atomic mass is 16.5. The number of carbonyl (C=O) groups excluding carboxylic acids is 1. The number of nitrogens with two attached hydrogens (primary N) is 1. The highest BCUT2D eigenvalue weighted by molar-refractivity contribution is 5.72. The van der Waals surface area contributed by atoms with E-state index < -0.39 is 0 Å². The van der Waals surface area contributed by atoms with Crippen LogP contribution in [0.25, 0.3) is 0 Å². The number of hydrogen-bond donors (Lipinski definition) is 1. The molecule has 0 aliphatic heterocycles. The van der Waals surface area contributed by atoms with Gasteiger partial charge in [-0.3, -0.25) is 4.79 Å². The van der Waals surface area contributed by atoms with Gasteiger partial charge in [0.1, 0.15) is 6.61 Å². The molecule has 0 spiro atoms. The van der Waals surface area contributed by atoms with Crippen LogP contribution in [-0.2, 0) is 16.1 Å². The van der Waals surface area contributed by atoms with E-state index in [1.807, 2.05) is 30.3 Å². The van der Waals surface area contributed by atoms with Crippen molar-refractivity contribution in [1.29, 1.82) is 0 Å². The van der Waals surface area contributed by atoms with E-state index >= 15 is 0 Å². The maximum atomic E-state index is 11.2. The van der Waals surface area contributed by atoms with Gasteiger partial charge in [0.05, 0.1) is 5.92 Å². The summed E-state index contributed by atoms with van der Waals surface area (Å²) in [4.78, 5) is 11.2. The standard InChI is InChI=1S/C11H15NO2/c1-9(7-12)11(13)14-8-10-5-3-2-4-6-10/h2-6,9H,7-8,12H2,1H3/t9-/m1/s1. The van der Waals surface area contributed by atoms with Gasteiger partial charge in [0.15, 0.2) is 0 Å². The average molecular weight is 193 g/mol. The first-order valence-corrected chi connectivity index (χ1v) is 4.64. The van der Waals surface area contributed by atoms with Crippen molar-refractivity contribution < 1.29 is 9.53 Å². The van der Waals surface area contributed by atoms with Crippen LogP contribution in [-0.4, -0.2) is 12.5 Å². The van der Waals surface area contributed by atoms with Crippen LogP contribution in [0.5, 0.6) is 0 Å². The molecule has 1 rings (SSSR count). The summed E-state index contributed by atoms with van der Waals surface area (Å²) in [6, 6.07) is 9.58. The smallest absolute Gasteiger partial charge is 0.310 e. The lowest BCUT2D eigenvalue weighted by atomic mass is 10.2. The third kappa shape index (κ3) is 3.18. The van der Waals surface area contributed by atoms with Crippen LogP contribution in [0.2, 0.25) is 0 Å². The second-order valence-electron chi connectivity index (χ2n) is 3.23. The normalized spacial score (nSPS) is 12.1. The van der Waals surface area contributed by atoms with E-state index in [0.717, 1.165) is 5.56 Å². The summed E-state index contributed by atoms with van der Waals surface area (Å²) in [7, 11) is 0. The number of hydrogen-bond acceptors (Lipinski definition) is 3. The molecule has 14 heavy (non-hydrogen) atoms. The second kappa shape index (κ2) is 5.40. The number of ether oxygens (including phenoxy) is 1. The van der Waals surface area contributed by atoms with Crippen molar-refractivity contribution >= 4 is 5.97 Å². The molecule has 1 atom stereocenters. The van der Waals surface area contributed by atoms with E-state index in [1.54, 1.807) is 6.92 Å². The van der Waals surface area contributed by atoms with Gasteiger partial charge in [0.25, 0.3) is 0 Å². The zero-order chi connectivity index (χ0) is 10.4. The summed E-state index contributed by atoms with van der Waals surface area (Å²) in [5.74, 6) is -0.463. The monoisotopic (exact) mass is 193 g/mol. The lowest BCUT2D eigenvalue weighted by molar-refractivity contribution is -0.148. The van der Waals surface area contributed by atoms with E-state index in [1.165, 1.54) is 0 Å². The molecule has 0 unspecified atom stereocenters.